The molecule has 0 aromatic carbocycles. The normalized spacial score (nSPS) is 21.7. The van der Waals surface area contributed by atoms with E-state index in [0.717, 1.165) is 51.3 Å². The summed E-state index contributed by atoms with van der Waals surface area (Å²) in [6.07, 6.45) is 10.0. The fourth-order valence-electron chi connectivity index (χ4n) is 4.57. The number of hydrogen-bond acceptors (Lipinski definition) is 5. The van der Waals surface area contributed by atoms with Crippen LogP contribution in [0.15, 0.2) is 48.9 Å². The molecule has 0 aliphatic carbocycles. The molecule has 1 N–H and O–H groups in total. The Morgan fingerprint density at radius 3 is 2.72 bits per heavy atom. The van der Waals surface area contributed by atoms with Crippen LogP contribution in [0.5, 0.6) is 0 Å². The lowest BCUT2D eigenvalue weighted by molar-refractivity contribution is -0.127. The molecule has 2 saturated heterocycles. The van der Waals surface area contributed by atoms with E-state index in [0.29, 0.717) is 12.6 Å². The van der Waals surface area contributed by atoms with E-state index in [-0.39, 0.29) is 11.8 Å². The van der Waals surface area contributed by atoms with E-state index >= 15 is 0 Å². The van der Waals surface area contributed by atoms with Crippen LogP contribution in [0.3, 0.4) is 0 Å². The first-order valence-corrected chi connectivity index (χ1v) is 10.8. The van der Waals surface area contributed by atoms with Crippen molar-refractivity contribution in [3.05, 3.63) is 60.2 Å². The lowest BCUT2D eigenvalue weighted by atomic mass is 9.93. The highest BCUT2D eigenvalue weighted by Gasteiger charge is 2.31. The quantitative estimate of drug-likeness (QED) is 0.817. The van der Waals surface area contributed by atoms with Gasteiger partial charge in [0.1, 0.15) is 0 Å². The molecule has 6 heteroatoms. The topological polar surface area (TPSA) is 61.4 Å². The summed E-state index contributed by atoms with van der Waals surface area (Å²) in [5.74, 6) is 0.273. The number of aromatic nitrogens is 2. The molecule has 154 valence electrons. The predicted molar refractivity (Wildman–Crippen MR) is 113 cm³/mol. The van der Waals surface area contributed by atoms with Crippen LogP contribution in [0.2, 0.25) is 0 Å². The van der Waals surface area contributed by atoms with Crippen LogP contribution in [0.4, 0.5) is 0 Å². The summed E-state index contributed by atoms with van der Waals surface area (Å²) in [6.45, 7) is 5.75. The molecule has 1 amide bonds. The molecular weight excluding hydrogens is 362 g/mol. The van der Waals surface area contributed by atoms with Crippen molar-refractivity contribution in [2.45, 2.75) is 44.8 Å². The maximum Gasteiger partial charge on any atom is 0.224 e. The van der Waals surface area contributed by atoms with Crippen LogP contribution in [-0.4, -0.2) is 57.9 Å². The third-order valence-electron chi connectivity index (χ3n) is 6.20. The van der Waals surface area contributed by atoms with E-state index in [1.807, 2.05) is 36.7 Å². The minimum absolute atomic E-state index is 0.0980. The number of amides is 1. The fraction of sp³-hybridized carbons (Fsp3) is 0.522. The van der Waals surface area contributed by atoms with E-state index in [1.54, 1.807) is 6.20 Å². The Morgan fingerprint density at radius 1 is 1.07 bits per heavy atom. The first-order chi connectivity index (χ1) is 14.3. The number of piperidine rings is 2. The number of nitrogens with one attached hydrogen (secondary N) is 1. The molecule has 2 aromatic rings. The molecule has 6 nitrogen and oxygen atoms in total. The highest BCUT2D eigenvalue weighted by molar-refractivity contribution is 5.78. The molecule has 4 heterocycles. The maximum atomic E-state index is 12.7. The molecule has 1 atom stereocenters. The molecule has 2 aromatic heterocycles. The van der Waals surface area contributed by atoms with Gasteiger partial charge in [-0.15, -0.1) is 0 Å². The summed E-state index contributed by atoms with van der Waals surface area (Å²) in [5.41, 5.74) is 2.20. The molecule has 2 aliphatic heterocycles. The summed E-state index contributed by atoms with van der Waals surface area (Å²) in [7, 11) is 0. The minimum Gasteiger partial charge on any atom is -0.350 e. The number of rotatable bonds is 6. The monoisotopic (exact) mass is 393 g/mol. The fourth-order valence-corrected chi connectivity index (χ4v) is 4.57. The second-order valence-electron chi connectivity index (χ2n) is 8.24. The first kappa shape index (κ1) is 20.0. The summed E-state index contributed by atoms with van der Waals surface area (Å²) >= 11 is 0. The first-order valence-electron chi connectivity index (χ1n) is 10.8. The molecular formula is C23H31N5O. The van der Waals surface area contributed by atoms with Crippen molar-refractivity contribution < 1.29 is 4.79 Å². The average Bonchev–Trinajstić information content (AvgIpc) is 2.79. The summed E-state index contributed by atoms with van der Waals surface area (Å²) in [4.78, 5) is 26.3. The molecule has 2 aliphatic rings. The third kappa shape index (κ3) is 5.61. The van der Waals surface area contributed by atoms with Crippen molar-refractivity contribution in [2.24, 2.45) is 5.92 Å². The van der Waals surface area contributed by atoms with Gasteiger partial charge in [0.05, 0.1) is 18.2 Å². The van der Waals surface area contributed by atoms with Gasteiger partial charge in [-0.05, 0) is 69.1 Å². The van der Waals surface area contributed by atoms with Gasteiger partial charge in [-0.25, -0.2) is 0 Å². The predicted octanol–water partition coefficient (Wildman–Crippen LogP) is 2.47. The average molecular weight is 394 g/mol. The van der Waals surface area contributed by atoms with E-state index in [2.05, 4.69) is 31.2 Å². The number of carbonyl (C=O) groups is 1. The Kier molecular flexibility index (Phi) is 6.85. The molecule has 0 radical (unpaired) electrons. The standard InChI is InChI=1S/C23H31N5O/c29-23(26-16-21-7-1-2-11-25-21)20-6-4-12-28(18-20)22-8-13-27(14-9-22)17-19-5-3-10-24-15-19/h1-3,5,7,10-11,15,20,22H,4,6,8-9,12-14,16-18H2,(H,26,29). The zero-order valence-corrected chi connectivity index (χ0v) is 17.0. The van der Waals surface area contributed by atoms with Crippen molar-refractivity contribution in [3.63, 3.8) is 0 Å². The Morgan fingerprint density at radius 2 is 1.97 bits per heavy atom. The van der Waals surface area contributed by atoms with Crippen molar-refractivity contribution in [1.29, 1.82) is 0 Å². The Labute approximate surface area is 173 Å². The van der Waals surface area contributed by atoms with E-state index in [9.17, 15) is 4.79 Å². The molecule has 0 bridgehead atoms. The smallest absolute Gasteiger partial charge is 0.224 e. The minimum atomic E-state index is 0.0980. The molecule has 2 fully saturated rings. The molecule has 0 saturated carbocycles. The van der Waals surface area contributed by atoms with Gasteiger partial charge in [0.15, 0.2) is 0 Å². The van der Waals surface area contributed by atoms with Gasteiger partial charge in [-0.3, -0.25) is 24.6 Å². The molecule has 0 spiro atoms. The Bertz CT molecular complexity index is 761. The van der Waals surface area contributed by atoms with Crippen molar-refractivity contribution in [1.82, 2.24) is 25.1 Å². The number of carbonyl (C=O) groups excluding carboxylic acids is 1. The van der Waals surface area contributed by atoms with Gasteiger partial charge in [0.2, 0.25) is 5.91 Å². The number of likely N-dealkylation sites (tertiary alicyclic amines) is 2. The second kappa shape index (κ2) is 9.94. The lowest BCUT2D eigenvalue weighted by Gasteiger charge is -2.42. The van der Waals surface area contributed by atoms with E-state index in [1.165, 1.54) is 18.4 Å². The number of pyridine rings is 2. The van der Waals surface area contributed by atoms with Gasteiger partial charge >= 0.3 is 0 Å². The van der Waals surface area contributed by atoms with Gasteiger partial charge in [-0.2, -0.15) is 0 Å². The largest absolute Gasteiger partial charge is 0.350 e. The Hall–Kier alpha value is -2.31. The van der Waals surface area contributed by atoms with Crippen molar-refractivity contribution >= 4 is 5.91 Å². The third-order valence-corrected chi connectivity index (χ3v) is 6.20. The maximum absolute atomic E-state index is 12.7. The number of hydrogen-bond donors (Lipinski definition) is 1. The lowest BCUT2D eigenvalue weighted by Crippen LogP contribution is -2.50. The van der Waals surface area contributed by atoms with Crippen LogP contribution < -0.4 is 5.32 Å². The zero-order valence-electron chi connectivity index (χ0n) is 17.0. The van der Waals surface area contributed by atoms with Crippen LogP contribution in [0.1, 0.15) is 36.9 Å². The summed E-state index contributed by atoms with van der Waals surface area (Å²) < 4.78 is 0. The highest BCUT2D eigenvalue weighted by atomic mass is 16.1. The van der Waals surface area contributed by atoms with Gasteiger partial charge in [-0.1, -0.05) is 12.1 Å². The molecule has 29 heavy (non-hydrogen) atoms. The van der Waals surface area contributed by atoms with Crippen molar-refractivity contribution in [2.75, 3.05) is 26.2 Å². The summed E-state index contributed by atoms with van der Waals surface area (Å²) in [6, 6.07) is 10.6. The SMILES string of the molecule is O=C(NCc1ccccn1)C1CCCN(C2CCN(Cc3cccnc3)CC2)C1. The van der Waals surface area contributed by atoms with E-state index in [4.69, 9.17) is 0 Å². The van der Waals surface area contributed by atoms with Crippen molar-refractivity contribution in [3.8, 4) is 0 Å². The van der Waals surface area contributed by atoms with Crippen LogP contribution in [0, 0.1) is 5.92 Å². The highest BCUT2D eigenvalue weighted by Crippen LogP contribution is 2.24. The van der Waals surface area contributed by atoms with Gasteiger partial charge in [0.25, 0.3) is 0 Å². The molecule has 1 unspecified atom stereocenters. The van der Waals surface area contributed by atoms with Crippen LogP contribution in [0.25, 0.3) is 0 Å². The van der Waals surface area contributed by atoms with Gasteiger partial charge < -0.3 is 5.32 Å². The van der Waals surface area contributed by atoms with Crippen LogP contribution in [-0.2, 0) is 17.9 Å². The second-order valence-corrected chi connectivity index (χ2v) is 8.24. The van der Waals surface area contributed by atoms with Crippen LogP contribution >= 0.6 is 0 Å². The zero-order chi connectivity index (χ0) is 19.9. The summed E-state index contributed by atoms with van der Waals surface area (Å²) in [5, 5.41) is 3.08. The molecule has 4 rings (SSSR count). The Balaban J connectivity index is 1.23. The number of nitrogens with zero attached hydrogens (tertiary/aromatic N) is 4. The van der Waals surface area contributed by atoms with E-state index < -0.39 is 0 Å². The van der Waals surface area contributed by atoms with Gasteiger partial charge in [0, 0.05) is 37.7 Å².